The Morgan fingerprint density at radius 3 is 2.65 bits per heavy atom. The Morgan fingerprint density at radius 1 is 1.06 bits per heavy atom. The lowest BCUT2D eigenvalue weighted by atomic mass is 10.0. The molecule has 4 aromatic rings. The van der Waals surface area contributed by atoms with Crippen LogP contribution in [-0.4, -0.2) is 19.6 Å². The van der Waals surface area contributed by atoms with Crippen LogP contribution in [0.4, 0.5) is 11.4 Å². The number of nitrogens with one attached hydrogen (secondary N) is 1. The van der Waals surface area contributed by atoms with Gasteiger partial charge in [-0.05, 0) is 73.2 Å². The van der Waals surface area contributed by atoms with E-state index in [1.54, 1.807) is 18.3 Å². The van der Waals surface area contributed by atoms with E-state index >= 15 is 0 Å². The smallest absolute Gasteiger partial charge is 0.271 e. The third kappa shape index (κ3) is 3.97. The van der Waals surface area contributed by atoms with Crippen LogP contribution in [-0.2, 0) is 0 Å². The lowest BCUT2D eigenvalue weighted by Gasteiger charge is -2.29. The molecule has 170 valence electrons. The molecule has 0 amide bonds. The van der Waals surface area contributed by atoms with Crippen molar-refractivity contribution in [2.75, 3.05) is 4.90 Å². The molecule has 1 fully saturated rings. The topological polar surface area (TPSA) is 76.2 Å². The molecule has 1 N–H and O–H groups in total. The Hall–Kier alpha value is -3.56. The summed E-state index contributed by atoms with van der Waals surface area (Å²) in [7, 11) is 0. The molecule has 0 spiro atoms. The number of nitrogens with zero attached hydrogens (tertiary/aromatic N) is 4. The maximum Gasteiger partial charge on any atom is 0.271 e. The number of hydrogen-bond acceptors (Lipinski definition) is 4. The van der Waals surface area contributed by atoms with Crippen LogP contribution in [0.3, 0.4) is 0 Å². The average molecular weight is 534 g/mol. The molecule has 3 heterocycles. The Bertz CT molecular complexity index is 1390. The normalized spacial score (nSPS) is 17.6. The molecule has 1 saturated heterocycles. The van der Waals surface area contributed by atoms with Crippen molar-refractivity contribution in [3.63, 3.8) is 0 Å². The first-order valence-electron chi connectivity index (χ1n) is 10.6. The summed E-state index contributed by atoms with van der Waals surface area (Å²) in [6, 6.07) is 22.1. The fourth-order valence-electron chi connectivity index (χ4n) is 4.34. The second-order valence-corrected chi connectivity index (χ2v) is 9.25. The number of aromatic nitrogens is 2. The minimum absolute atomic E-state index is 0.0406. The minimum atomic E-state index is -0.382. The number of nitro groups is 1. The standard InChI is InChI=1S/C25H20BrN5O2S/c1-16-14-18(10-11-20(16)26)30-24(23(28-25(30)34)21-8-2-3-12-27-21)22-9-5-13-29(22)17-6-4-7-19(15-17)31(32)33/h2-15,23-24H,1H3,(H,28,34)/t23-,24-/m1/s1. The molecule has 7 nitrogen and oxygen atoms in total. The van der Waals surface area contributed by atoms with Crippen LogP contribution >= 0.6 is 28.1 Å². The molecule has 2 atom stereocenters. The fraction of sp³-hybridized carbons (Fsp3) is 0.120. The molecule has 0 radical (unpaired) electrons. The Kier molecular flexibility index (Phi) is 5.89. The van der Waals surface area contributed by atoms with Crippen molar-refractivity contribution in [3.05, 3.63) is 117 Å². The van der Waals surface area contributed by atoms with Gasteiger partial charge in [-0.3, -0.25) is 15.1 Å². The van der Waals surface area contributed by atoms with E-state index in [0.29, 0.717) is 10.8 Å². The fourth-order valence-corrected chi connectivity index (χ4v) is 4.93. The highest BCUT2D eigenvalue weighted by atomic mass is 79.9. The van der Waals surface area contributed by atoms with Gasteiger partial charge in [-0.2, -0.15) is 0 Å². The van der Waals surface area contributed by atoms with Crippen molar-refractivity contribution in [2.24, 2.45) is 0 Å². The van der Waals surface area contributed by atoms with Crippen molar-refractivity contribution in [2.45, 2.75) is 19.0 Å². The van der Waals surface area contributed by atoms with E-state index in [1.165, 1.54) is 6.07 Å². The number of pyridine rings is 1. The highest BCUT2D eigenvalue weighted by Crippen LogP contribution is 2.43. The Balaban J connectivity index is 1.67. The van der Waals surface area contributed by atoms with Gasteiger partial charge in [-0.25, -0.2) is 0 Å². The number of hydrogen-bond donors (Lipinski definition) is 1. The van der Waals surface area contributed by atoms with Gasteiger partial charge < -0.3 is 14.8 Å². The highest BCUT2D eigenvalue weighted by molar-refractivity contribution is 9.10. The van der Waals surface area contributed by atoms with Crippen molar-refractivity contribution in [1.82, 2.24) is 14.9 Å². The molecule has 5 rings (SSSR count). The summed E-state index contributed by atoms with van der Waals surface area (Å²) in [5.74, 6) is 0. The third-order valence-electron chi connectivity index (χ3n) is 5.92. The van der Waals surface area contributed by atoms with E-state index < -0.39 is 0 Å². The first kappa shape index (κ1) is 22.2. The second-order valence-electron chi connectivity index (χ2n) is 8.01. The average Bonchev–Trinajstić information content (AvgIpc) is 3.46. The molecule has 1 aliphatic heterocycles. The van der Waals surface area contributed by atoms with Crippen LogP contribution in [0.15, 0.2) is 89.7 Å². The lowest BCUT2D eigenvalue weighted by molar-refractivity contribution is -0.384. The van der Waals surface area contributed by atoms with Crippen LogP contribution in [0.1, 0.15) is 29.0 Å². The van der Waals surface area contributed by atoms with Crippen molar-refractivity contribution in [1.29, 1.82) is 0 Å². The Labute approximate surface area is 210 Å². The molecular formula is C25H20BrN5O2S. The number of non-ortho nitro benzene ring substituents is 1. The third-order valence-corrected chi connectivity index (χ3v) is 7.12. The molecule has 34 heavy (non-hydrogen) atoms. The number of halogens is 1. The zero-order chi connectivity index (χ0) is 23.8. The summed E-state index contributed by atoms with van der Waals surface area (Å²) in [5.41, 5.74) is 4.59. The minimum Gasteiger partial charge on any atom is -0.351 e. The molecular weight excluding hydrogens is 514 g/mol. The van der Waals surface area contributed by atoms with Gasteiger partial charge in [-0.15, -0.1) is 0 Å². The number of aryl methyl sites for hydroxylation is 1. The molecule has 0 saturated carbocycles. The number of benzene rings is 2. The predicted molar refractivity (Wildman–Crippen MR) is 139 cm³/mol. The van der Waals surface area contributed by atoms with Crippen LogP contribution in [0.2, 0.25) is 0 Å². The van der Waals surface area contributed by atoms with Crippen molar-refractivity contribution < 1.29 is 4.92 Å². The maximum atomic E-state index is 11.4. The van der Waals surface area contributed by atoms with E-state index in [4.69, 9.17) is 12.2 Å². The van der Waals surface area contributed by atoms with E-state index in [1.807, 2.05) is 66.2 Å². The van der Waals surface area contributed by atoms with Crippen LogP contribution in [0.5, 0.6) is 0 Å². The van der Waals surface area contributed by atoms with Crippen molar-refractivity contribution >= 4 is 44.6 Å². The van der Waals surface area contributed by atoms with Gasteiger partial charge in [-0.1, -0.05) is 28.1 Å². The Morgan fingerprint density at radius 2 is 1.91 bits per heavy atom. The summed E-state index contributed by atoms with van der Waals surface area (Å²) in [4.78, 5) is 17.7. The van der Waals surface area contributed by atoms with Gasteiger partial charge in [0, 0.05) is 40.4 Å². The number of rotatable bonds is 5. The molecule has 2 aromatic heterocycles. The molecule has 0 bridgehead atoms. The first-order valence-corrected chi connectivity index (χ1v) is 11.8. The SMILES string of the molecule is Cc1cc(N2C(=S)N[C@H](c3ccccn3)[C@H]2c2cccn2-c2cccc([N+](=O)[O-])c2)ccc1Br. The van der Waals surface area contributed by atoms with Gasteiger partial charge in [0.1, 0.15) is 6.04 Å². The monoisotopic (exact) mass is 533 g/mol. The van der Waals surface area contributed by atoms with Gasteiger partial charge in [0.15, 0.2) is 5.11 Å². The molecule has 0 aliphatic carbocycles. The van der Waals surface area contributed by atoms with E-state index in [9.17, 15) is 10.1 Å². The van der Waals surface area contributed by atoms with Crippen LogP contribution < -0.4 is 10.2 Å². The number of thiocarbonyl (C=S) groups is 1. The van der Waals surface area contributed by atoms with Gasteiger partial charge >= 0.3 is 0 Å². The zero-order valence-corrected chi connectivity index (χ0v) is 20.5. The lowest BCUT2D eigenvalue weighted by Crippen LogP contribution is -2.30. The summed E-state index contributed by atoms with van der Waals surface area (Å²) < 4.78 is 2.99. The van der Waals surface area contributed by atoms with E-state index in [0.717, 1.165) is 27.1 Å². The number of nitro benzene ring substituents is 1. The maximum absolute atomic E-state index is 11.4. The molecule has 2 aromatic carbocycles. The van der Waals surface area contributed by atoms with E-state index in [2.05, 4.69) is 37.2 Å². The van der Waals surface area contributed by atoms with Crippen molar-refractivity contribution in [3.8, 4) is 5.69 Å². The highest BCUT2D eigenvalue weighted by Gasteiger charge is 2.42. The van der Waals surface area contributed by atoms with Crippen LogP contribution in [0, 0.1) is 17.0 Å². The summed E-state index contributed by atoms with van der Waals surface area (Å²) in [5, 5.41) is 15.4. The first-order chi connectivity index (χ1) is 16.4. The summed E-state index contributed by atoms with van der Waals surface area (Å²) in [6.45, 7) is 2.04. The molecule has 1 aliphatic rings. The van der Waals surface area contributed by atoms with Gasteiger partial charge in [0.05, 0.1) is 22.3 Å². The largest absolute Gasteiger partial charge is 0.351 e. The summed E-state index contributed by atoms with van der Waals surface area (Å²) >= 11 is 9.40. The van der Waals surface area contributed by atoms with Crippen LogP contribution in [0.25, 0.3) is 5.69 Å². The van der Waals surface area contributed by atoms with E-state index in [-0.39, 0.29) is 22.7 Å². The molecule has 0 unspecified atom stereocenters. The molecule has 9 heteroatoms. The number of anilines is 1. The zero-order valence-electron chi connectivity index (χ0n) is 18.1. The van der Waals surface area contributed by atoms with Gasteiger partial charge in [0.2, 0.25) is 0 Å². The van der Waals surface area contributed by atoms with Gasteiger partial charge in [0.25, 0.3) is 5.69 Å². The quantitative estimate of drug-likeness (QED) is 0.192. The predicted octanol–water partition coefficient (Wildman–Crippen LogP) is 6.03. The summed E-state index contributed by atoms with van der Waals surface area (Å²) in [6.07, 6.45) is 3.68. The second kappa shape index (κ2) is 9.00.